The number of esters is 2. The molecule has 45 heavy (non-hydrogen) atoms. The van der Waals surface area contributed by atoms with Gasteiger partial charge in [-0.2, -0.15) is 5.26 Å². The monoisotopic (exact) mass is 605 g/mol. The maximum atomic E-state index is 13.3. The summed E-state index contributed by atoms with van der Waals surface area (Å²) in [5.74, 6) is -2.49. The van der Waals surface area contributed by atoms with Gasteiger partial charge in [-0.1, -0.05) is 49.4 Å². The molecule has 0 bridgehead atoms. The molecule has 0 radical (unpaired) electrons. The first-order chi connectivity index (χ1) is 21.8. The minimum atomic E-state index is -0.933. The van der Waals surface area contributed by atoms with Gasteiger partial charge in [0.2, 0.25) is 0 Å². The number of methoxy groups -OCH3 is 2. The number of hydrogen-bond donors (Lipinski definition) is 1. The molecule has 1 atom stereocenters. The molecule has 2 N–H and O–H groups in total. The Labute approximate surface area is 262 Å². The molecule has 2 aliphatic heterocycles. The smallest absolute Gasteiger partial charge is 0.355 e. The van der Waals surface area contributed by atoms with E-state index in [1.807, 2.05) is 47.4 Å². The number of piperazine rings is 1. The number of nitrogens with two attached hydrogens (primary N) is 1. The predicted molar refractivity (Wildman–Crippen MR) is 170 cm³/mol. The minimum absolute atomic E-state index is 0.00579. The summed E-state index contributed by atoms with van der Waals surface area (Å²) in [5, 5.41) is 10.2. The van der Waals surface area contributed by atoms with Gasteiger partial charge in [-0.3, -0.25) is 9.69 Å². The topological polar surface area (TPSA) is 129 Å². The average Bonchev–Trinajstić information content (AvgIpc) is 3.10. The third-order valence-corrected chi connectivity index (χ3v) is 8.26. The van der Waals surface area contributed by atoms with E-state index in [-0.39, 0.29) is 28.6 Å². The normalized spacial score (nSPS) is 16.8. The van der Waals surface area contributed by atoms with E-state index in [2.05, 4.69) is 17.9 Å². The molecule has 3 aromatic carbocycles. The van der Waals surface area contributed by atoms with Crippen molar-refractivity contribution in [1.29, 1.82) is 5.26 Å². The Balaban J connectivity index is 1.43. The number of ether oxygens (including phenoxy) is 2. The van der Waals surface area contributed by atoms with Crippen LogP contribution in [0.4, 0.5) is 11.4 Å². The van der Waals surface area contributed by atoms with Crippen LogP contribution in [0, 0.1) is 11.3 Å². The predicted octanol–water partition coefficient (Wildman–Crippen LogP) is 4.11. The first-order valence-corrected chi connectivity index (χ1v) is 14.7. The molecule has 10 heteroatoms. The van der Waals surface area contributed by atoms with Gasteiger partial charge in [-0.25, -0.2) is 9.59 Å². The van der Waals surface area contributed by atoms with Crippen LogP contribution in [0.25, 0.3) is 0 Å². The summed E-state index contributed by atoms with van der Waals surface area (Å²) in [4.78, 5) is 45.0. The van der Waals surface area contributed by atoms with E-state index >= 15 is 0 Å². The summed E-state index contributed by atoms with van der Waals surface area (Å²) in [6, 6.07) is 26.1. The molecule has 1 amide bonds. The van der Waals surface area contributed by atoms with Crippen LogP contribution >= 0.6 is 0 Å². The Hall–Kier alpha value is -5.56. The fourth-order valence-corrected chi connectivity index (χ4v) is 5.83. The van der Waals surface area contributed by atoms with Crippen molar-refractivity contribution >= 4 is 29.2 Å². The van der Waals surface area contributed by atoms with Gasteiger partial charge in [0.05, 0.1) is 37.4 Å². The molecule has 5 rings (SSSR count). The number of hydrogen-bond acceptors (Lipinski definition) is 9. The lowest BCUT2D eigenvalue weighted by molar-refractivity contribution is -0.139. The van der Waals surface area contributed by atoms with Gasteiger partial charge in [-0.15, -0.1) is 0 Å². The highest BCUT2D eigenvalue weighted by Crippen LogP contribution is 2.43. The number of amides is 1. The molecule has 0 saturated carbocycles. The molecule has 0 aromatic heterocycles. The first kappa shape index (κ1) is 30.9. The highest BCUT2D eigenvalue weighted by molar-refractivity contribution is 6.06. The lowest BCUT2D eigenvalue weighted by atomic mass is 9.81. The van der Waals surface area contributed by atoms with Gasteiger partial charge in [0.1, 0.15) is 11.5 Å². The van der Waals surface area contributed by atoms with E-state index in [1.165, 1.54) is 24.7 Å². The first-order valence-electron chi connectivity index (χ1n) is 14.7. The molecule has 2 heterocycles. The maximum Gasteiger partial charge on any atom is 0.355 e. The standard InChI is InChI=1S/C35H35N5O5/c1-4-23-10-12-25(13-11-23)33(41)39-20-18-38(19-21-39)26-14-16-27(17-15-26)40-31(35(43)45-3)30(34(42)44-2)29(28(22-36)32(40)37)24-8-6-5-7-9-24/h5-17,29H,4,18-21,37H2,1-3H3. The molecule has 230 valence electrons. The number of anilines is 2. The zero-order valence-electron chi connectivity index (χ0n) is 25.5. The summed E-state index contributed by atoms with van der Waals surface area (Å²) in [6.07, 6.45) is 0.924. The van der Waals surface area contributed by atoms with Crippen LogP contribution in [0.1, 0.15) is 34.3 Å². The molecule has 2 aliphatic rings. The summed E-state index contributed by atoms with van der Waals surface area (Å²) < 4.78 is 10.2. The Bertz CT molecular complexity index is 1680. The van der Waals surface area contributed by atoms with Crippen LogP contribution in [-0.2, 0) is 25.5 Å². The molecular weight excluding hydrogens is 570 g/mol. The zero-order valence-corrected chi connectivity index (χ0v) is 25.5. The van der Waals surface area contributed by atoms with Gasteiger partial charge in [0, 0.05) is 43.1 Å². The van der Waals surface area contributed by atoms with Crippen molar-refractivity contribution in [3.8, 4) is 6.07 Å². The highest BCUT2D eigenvalue weighted by Gasteiger charge is 2.43. The summed E-state index contributed by atoms with van der Waals surface area (Å²) in [6.45, 7) is 4.51. The van der Waals surface area contributed by atoms with E-state index < -0.39 is 17.9 Å². The molecular formula is C35H35N5O5. The van der Waals surface area contributed by atoms with Gasteiger partial charge < -0.3 is 25.0 Å². The van der Waals surface area contributed by atoms with Gasteiger partial charge in [-0.05, 0) is 53.9 Å². The van der Waals surface area contributed by atoms with E-state index in [1.54, 1.807) is 36.4 Å². The van der Waals surface area contributed by atoms with E-state index in [4.69, 9.17) is 15.2 Å². The second-order valence-electron chi connectivity index (χ2n) is 10.7. The number of nitriles is 1. The number of nitrogens with zero attached hydrogens (tertiary/aromatic N) is 4. The van der Waals surface area contributed by atoms with Crippen molar-refractivity contribution in [1.82, 2.24) is 4.90 Å². The fourth-order valence-electron chi connectivity index (χ4n) is 5.83. The van der Waals surface area contributed by atoms with Gasteiger partial charge in [0.25, 0.3) is 5.91 Å². The number of carbonyl (C=O) groups is 3. The molecule has 0 spiro atoms. The molecule has 1 fully saturated rings. The third-order valence-electron chi connectivity index (χ3n) is 8.26. The zero-order chi connectivity index (χ0) is 32.1. The maximum absolute atomic E-state index is 13.3. The number of allylic oxidation sites excluding steroid dienone is 1. The van der Waals surface area contributed by atoms with Crippen molar-refractivity contribution in [2.75, 3.05) is 50.2 Å². The van der Waals surface area contributed by atoms with Crippen molar-refractivity contribution in [3.05, 3.63) is 118 Å². The van der Waals surface area contributed by atoms with Crippen LogP contribution in [0.2, 0.25) is 0 Å². The Morgan fingerprint density at radius 3 is 2.00 bits per heavy atom. The van der Waals surface area contributed by atoms with Crippen LogP contribution in [0.15, 0.2) is 102 Å². The highest BCUT2D eigenvalue weighted by atomic mass is 16.5. The summed E-state index contributed by atoms with van der Waals surface area (Å²) in [5.41, 5.74) is 10.4. The summed E-state index contributed by atoms with van der Waals surface area (Å²) in [7, 11) is 2.43. The molecule has 3 aromatic rings. The van der Waals surface area contributed by atoms with Gasteiger partial charge in [0.15, 0.2) is 0 Å². The van der Waals surface area contributed by atoms with Gasteiger partial charge >= 0.3 is 11.9 Å². The van der Waals surface area contributed by atoms with E-state index in [0.29, 0.717) is 43.0 Å². The summed E-state index contributed by atoms with van der Waals surface area (Å²) >= 11 is 0. The van der Waals surface area contributed by atoms with Crippen LogP contribution in [0.5, 0.6) is 0 Å². The Morgan fingerprint density at radius 1 is 0.844 bits per heavy atom. The lowest BCUT2D eigenvalue weighted by Crippen LogP contribution is -2.48. The van der Waals surface area contributed by atoms with Crippen molar-refractivity contribution in [3.63, 3.8) is 0 Å². The second kappa shape index (κ2) is 13.4. The van der Waals surface area contributed by atoms with E-state index in [0.717, 1.165) is 12.1 Å². The minimum Gasteiger partial charge on any atom is -0.466 e. The average molecular weight is 606 g/mol. The largest absolute Gasteiger partial charge is 0.466 e. The fraction of sp³-hybridized carbons (Fsp3) is 0.257. The van der Waals surface area contributed by atoms with Crippen molar-refractivity contribution in [2.24, 2.45) is 5.73 Å². The van der Waals surface area contributed by atoms with Crippen molar-refractivity contribution in [2.45, 2.75) is 19.3 Å². The quantitative estimate of drug-likeness (QED) is 0.396. The Kier molecular flexibility index (Phi) is 9.19. The van der Waals surface area contributed by atoms with Crippen LogP contribution in [-0.4, -0.2) is 63.1 Å². The molecule has 10 nitrogen and oxygen atoms in total. The van der Waals surface area contributed by atoms with E-state index in [9.17, 15) is 19.6 Å². The lowest BCUT2D eigenvalue weighted by Gasteiger charge is -2.37. The second-order valence-corrected chi connectivity index (χ2v) is 10.7. The number of rotatable bonds is 7. The molecule has 1 unspecified atom stereocenters. The number of benzene rings is 3. The third kappa shape index (κ3) is 5.97. The van der Waals surface area contributed by atoms with Crippen LogP contribution in [0.3, 0.4) is 0 Å². The number of aryl methyl sites for hydroxylation is 1. The molecule has 1 saturated heterocycles. The number of carbonyl (C=O) groups excluding carboxylic acids is 3. The Morgan fingerprint density at radius 2 is 1.44 bits per heavy atom. The van der Waals surface area contributed by atoms with Crippen molar-refractivity contribution < 1.29 is 23.9 Å². The molecule has 0 aliphatic carbocycles. The SMILES string of the molecule is CCc1ccc(C(=O)N2CCN(c3ccc(N4C(N)=C(C#N)C(c5ccccc5)C(C(=O)OC)=C4C(=O)OC)cc3)CC2)cc1. The van der Waals surface area contributed by atoms with Crippen LogP contribution < -0.4 is 15.5 Å².